The van der Waals surface area contributed by atoms with E-state index >= 15 is 0 Å². The molecule has 0 aliphatic rings. The molecule has 11 heteroatoms. The standard InChI is InChI=1S/C16H13ClF2N2O6/c1-25-13-5-9(12(21(23)24)6-14(13)27-16(18)19)7-26-15(22)8-2-3-10(17)11(20)4-8/h2-6,16H,7,20H2,1H3. The summed E-state index contributed by atoms with van der Waals surface area (Å²) in [5.41, 5.74) is 5.20. The Hall–Kier alpha value is -3.14. The zero-order valence-electron chi connectivity index (χ0n) is 13.8. The monoisotopic (exact) mass is 402 g/mol. The highest BCUT2D eigenvalue weighted by molar-refractivity contribution is 6.33. The van der Waals surface area contributed by atoms with Gasteiger partial charge in [0.05, 0.1) is 39.9 Å². The molecule has 0 aliphatic carbocycles. The number of halogens is 3. The number of carbonyl (C=O) groups excluding carboxylic acids is 1. The van der Waals surface area contributed by atoms with Gasteiger partial charge in [-0.2, -0.15) is 8.78 Å². The smallest absolute Gasteiger partial charge is 0.387 e. The van der Waals surface area contributed by atoms with Crippen molar-refractivity contribution in [3.8, 4) is 11.5 Å². The molecule has 0 amide bonds. The molecule has 0 spiro atoms. The number of alkyl halides is 2. The zero-order chi connectivity index (χ0) is 20.1. The molecular weight excluding hydrogens is 390 g/mol. The van der Waals surface area contributed by atoms with E-state index in [-0.39, 0.29) is 27.6 Å². The van der Waals surface area contributed by atoms with Gasteiger partial charge in [0.2, 0.25) is 0 Å². The number of nitrogens with two attached hydrogens (primary N) is 1. The van der Waals surface area contributed by atoms with Crippen LogP contribution in [0.5, 0.6) is 11.5 Å². The van der Waals surface area contributed by atoms with Crippen LogP contribution in [-0.2, 0) is 11.3 Å². The van der Waals surface area contributed by atoms with Gasteiger partial charge in [0.25, 0.3) is 5.69 Å². The number of nitro benzene ring substituents is 1. The van der Waals surface area contributed by atoms with E-state index in [1.165, 1.54) is 25.3 Å². The first-order chi connectivity index (χ1) is 12.7. The first-order valence-corrected chi connectivity index (χ1v) is 7.63. The maximum absolute atomic E-state index is 12.4. The molecule has 0 bridgehead atoms. The van der Waals surface area contributed by atoms with Crippen LogP contribution in [0.25, 0.3) is 0 Å². The first kappa shape index (κ1) is 20.2. The molecule has 0 unspecified atom stereocenters. The van der Waals surface area contributed by atoms with Crippen molar-refractivity contribution in [3.05, 3.63) is 56.6 Å². The molecule has 0 saturated heterocycles. The van der Waals surface area contributed by atoms with Gasteiger partial charge in [-0.25, -0.2) is 4.79 Å². The van der Waals surface area contributed by atoms with Gasteiger partial charge in [0.15, 0.2) is 11.5 Å². The van der Waals surface area contributed by atoms with Gasteiger partial charge in [-0.3, -0.25) is 10.1 Å². The van der Waals surface area contributed by atoms with Crippen LogP contribution >= 0.6 is 11.6 Å². The Bertz CT molecular complexity index is 878. The summed E-state index contributed by atoms with van der Waals surface area (Å²) in [6.45, 7) is -3.71. The highest BCUT2D eigenvalue weighted by atomic mass is 35.5. The van der Waals surface area contributed by atoms with Crippen molar-refractivity contribution in [1.82, 2.24) is 0 Å². The predicted octanol–water partition coefficient (Wildman–Crippen LogP) is 3.80. The number of rotatable bonds is 7. The summed E-state index contributed by atoms with van der Waals surface area (Å²) >= 11 is 5.77. The average molecular weight is 403 g/mol. The van der Waals surface area contributed by atoms with E-state index in [0.717, 1.165) is 12.1 Å². The number of hydrogen-bond acceptors (Lipinski definition) is 7. The molecule has 0 heterocycles. The number of carbonyl (C=O) groups is 1. The number of esters is 1. The molecule has 2 rings (SSSR count). The molecule has 0 fully saturated rings. The summed E-state index contributed by atoms with van der Waals surface area (Å²) in [6, 6.07) is 5.91. The second kappa shape index (κ2) is 8.49. The van der Waals surface area contributed by atoms with Crippen molar-refractivity contribution in [2.45, 2.75) is 13.2 Å². The second-order valence-electron chi connectivity index (χ2n) is 5.08. The molecule has 0 atom stereocenters. The third-order valence-electron chi connectivity index (χ3n) is 3.37. The van der Waals surface area contributed by atoms with Crippen LogP contribution in [0.2, 0.25) is 5.02 Å². The van der Waals surface area contributed by atoms with E-state index in [1.54, 1.807) is 0 Å². The molecule has 27 heavy (non-hydrogen) atoms. The summed E-state index contributed by atoms with van der Waals surface area (Å²) in [5.74, 6) is -1.50. The predicted molar refractivity (Wildman–Crippen MR) is 91.3 cm³/mol. The van der Waals surface area contributed by atoms with E-state index < -0.39 is 35.5 Å². The van der Waals surface area contributed by atoms with E-state index in [4.69, 9.17) is 26.8 Å². The van der Waals surface area contributed by atoms with E-state index in [2.05, 4.69) is 4.74 Å². The number of nitro groups is 1. The Balaban J connectivity index is 2.27. The Morgan fingerprint density at radius 2 is 2.00 bits per heavy atom. The average Bonchev–Trinajstić information content (AvgIpc) is 2.61. The summed E-state index contributed by atoms with van der Waals surface area (Å²) in [6.07, 6.45) is 0. The first-order valence-electron chi connectivity index (χ1n) is 7.25. The minimum absolute atomic E-state index is 0.0752. The van der Waals surface area contributed by atoms with E-state index in [0.29, 0.717) is 0 Å². The number of hydrogen-bond donors (Lipinski definition) is 1. The number of anilines is 1. The molecule has 0 aromatic heterocycles. The summed E-state index contributed by atoms with van der Waals surface area (Å²) < 4.78 is 39.0. The van der Waals surface area contributed by atoms with Crippen molar-refractivity contribution in [2.75, 3.05) is 12.8 Å². The molecule has 2 aromatic carbocycles. The van der Waals surface area contributed by atoms with Gasteiger partial charge in [0.1, 0.15) is 6.61 Å². The minimum atomic E-state index is -3.20. The third kappa shape index (κ3) is 4.94. The Morgan fingerprint density at radius 1 is 1.30 bits per heavy atom. The maximum Gasteiger partial charge on any atom is 0.387 e. The van der Waals surface area contributed by atoms with Crippen LogP contribution < -0.4 is 15.2 Å². The number of benzene rings is 2. The normalized spacial score (nSPS) is 10.6. The van der Waals surface area contributed by atoms with Crippen LogP contribution in [0.1, 0.15) is 15.9 Å². The lowest BCUT2D eigenvalue weighted by Crippen LogP contribution is -2.09. The molecule has 2 N–H and O–H groups in total. The van der Waals surface area contributed by atoms with Gasteiger partial charge in [-0.1, -0.05) is 11.6 Å². The fourth-order valence-electron chi connectivity index (χ4n) is 2.12. The van der Waals surface area contributed by atoms with Crippen LogP contribution in [0.3, 0.4) is 0 Å². The van der Waals surface area contributed by atoms with E-state index in [1.807, 2.05) is 0 Å². The molecule has 0 radical (unpaired) electrons. The van der Waals surface area contributed by atoms with Gasteiger partial charge in [-0.05, 0) is 24.3 Å². The van der Waals surface area contributed by atoms with Gasteiger partial charge in [-0.15, -0.1) is 0 Å². The Morgan fingerprint density at radius 3 is 2.56 bits per heavy atom. The fraction of sp³-hybridized carbons (Fsp3) is 0.188. The molecule has 0 saturated carbocycles. The fourth-order valence-corrected chi connectivity index (χ4v) is 2.24. The lowest BCUT2D eigenvalue weighted by molar-refractivity contribution is -0.386. The molecule has 0 aliphatic heterocycles. The van der Waals surface area contributed by atoms with Gasteiger partial charge < -0.3 is 19.9 Å². The van der Waals surface area contributed by atoms with Crippen molar-refractivity contribution in [2.24, 2.45) is 0 Å². The number of nitrogens with zero attached hydrogens (tertiary/aromatic N) is 1. The lowest BCUT2D eigenvalue weighted by Gasteiger charge is -2.12. The number of methoxy groups -OCH3 is 1. The molecule has 144 valence electrons. The number of nitrogen functional groups attached to an aromatic ring is 1. The highest BCUT2D eigenvalue weighted by Crippen LogP contribution is 2.36. The zero-order valence-corrected chi connectivity index (χ0v) is 14.5. The van der Waals surface area contributed by atoms with Gasteiger partial charge in [0, 0.05) is 0 Å². The molecule has 2 aromatic rings. The summed E-state index contributed by atoms with van der Waals surface area (Å²) in [4.78, 5) is 22.5. The second-order valence-corrected chi connectivity index (χ2v) is 5.49. The van der Waals surface area contributed by atoms with Crippen LogP contribution in [0, 0.1) is 10.1 Å². The van der Waals surface area contributed by atoms with Crippen molar-refractivity contribution < 1.29 is 32.7 Å². The summed E-state index contributed by atoms with van der Waals surface area (Å²) in [7, 11) is 1.17. The topological polar surface area (TPSA) is 114 Å². The largest absolute Gasteiger partial charge is 0.493 e. The lowest BCUT2D eigenvalue weighted by atomic mass is 10.1. The van der Waals surface area contributed by atoms with Crippen molar-refractivity contribution >= 4 is 28.9 Å². The van der Waals surface area contributed by atoms with Crippen LogP contribution in [0.15, 0.2) is 30.3 Å². The SMILES string of the molecule is COc1cc(COC(=O)c2ccc(Cl)c(N)c2)c([N+](=O)[O-])cc1OC(F)F. The maximum atomic E-state index is 12.4. The van der Waals surface area contributed by atoms with Crippen LogP contribution in [-0.4, -0.2) is 24.6 Å². The summed E-state index contributed by atoms with van der Waals surface area (Å²) in [5, 5.41) is 11.5. The quantitative estimate of drug-likeness (QED) is 0.324. The highest BCUT2D eigenvalue weighted by Gasteiger charge is 2.23. The number of ether oxygens (including phenoxy) is 3. The molecular formula is C16H13ClF2N2O6. The van der Waals surface area contributed by atoms with Crippen molar-refractivity contribution in [1.29, 1.82) is 0 Å². The molecule has 8 nitrogen and oxygen atoms in total. The van der Waals surface area contributed by atoms with Crippen LogP contribution in [0.4, 0.5) is 20.2 Å². The van der Waals surface area contributed by atoms with Crippen molar-refractivity contribution in [3.63, 3.8) is 0 Å². The van der Waals surface area contributed by atoms with Gasteiger partial charge >= 0.3 is 12.6 Å². The van der Waals surface area contributed by atoms with E-state index in [9.17, 15) is 23.7 Å². The Labute approximate surface area is 156 Å². The third-order valence-corrected chi connectivity index (χ3v) is 3.71. The Kier molecular flexibility index (Phi) is 6.35. The minimum Gasteiger partial charge on any atom is -0.493 e.